The van der Waals surface area contributed by atoms with E-state index in [1.165, 1.54) is 25.7 Å². The van der Waals surface area contributed by atoms with Gasteiger partial charge in [-0.1, -0.05) is 32.6 Å². The third kappa shape index (κ3) is 4.96. The molecule has 0 aromatic heterocycles. The Hall–Kier alpha value is -0.280. The van der Waals surface area contributed by atoms with Crippen molar-refractivity contribution < 1.29 is 4.79 Å². The zero-order chi connectivity index (χ0) is 13.0. The number of carbonyl (C=O) groups excluding carboxylic acids is 1. The van der Waals surface area contributed by atoms with Crippen molar-refractivity contribution in [3.63, 3.8) is 0 Å². The van der Waals surface area contributed by atoms with Gasteiger partial charge in [-0.2, -0.15) is 0 Å². The second-order valence-electron chi connectivity index (χ2n) is 6.39. The first kappa shape index (κ1) is 16.8. The Morgan fingerprint density at radius 1 is 1.16 bits per heavy atom. The van der Waals surface area contributed by atoms with E-state index in [1.54, 1.807) is 0 Å². The summed E-state index contributed by atoms with van der Waals surface area (Å²) in [6.07, 6.45) is 9.41. The maximum absolute atomic E-state index is 12.1. The fraction of sp³-hybridized carbons (Fsp3) is 0.933. The van der Waals surface area contributed by atoms with E-state index in [-0.39, 0.29) is 30.3 Å². The summed E-state index contributed by atoms with van der Waals surface area (Å²) in [7, 11) is 0. The summed E-state index contributed by atoms with van der Waals surface area (Å²) in [5.74, 6) is 1.89. The molecular weight excluding hydrogens is 260 g/mol. The van der Waals surface area contributed by atoms with Gasteiger partial charge in [0.05, 0.1) is 0 Å². The molecule has 0 radical (unpaired) electrons. The van der Waals surface area contributed by atoms with E-state index in [0.717, 1.165) is 38.1 Å². The highest BCUT2D eigenvalue weighted by Crippen LogP contribution is 2.29. The Balaban J connectivity index is 0.00000180. The smallest absolute Gasteiger partial charge is 0.223 e. The molecule has 4 atom stereocenters. The minimum atomic E-state index is 0. The van der Waals surface area contributed by atoms with Gasteiger partial charge in [0.2, 0.25) is 5.91 Å². The zero-order valence-electron chi connectivity index (χ0n) is 12.1. The van der Waals surface area contributed by atoms with Crippen molar-refractivity contribution in [2.75, 3.05) is 6.54 Å². The average Bonchev–Trinajstić information content (AvgIpc) is 2.37. The molecule has 0 saturated heterocycles. The maximum atomic E-state index is 12.1. The lowest BCUT2D eigenvalue weighted by Gasteiger charge is -2.30. The molecule has 2 aliphatic rings. The van der Waals surface area contributed by atoms with Crippen molar-refractivity contribution in [1.82, 2.24) is 5.32 Å². The molecule has 1 amide bonds. The minimum absolute atomic E-state index is 0. The van der Waals surface area contributed by atoms with E-state index >= 15 is 0 Å². The highest BCUT2D eigenvalue weighted by Gasteiger charge is 2.27. The van der Waals surface area contributed by atoms with Crippen LogP contribution >= 0.6 is 12.4 Å². The molecule has 2 rings (SSSR count). The highest BCUT2D eigenvalue weighted by atomic mass is 35.5. The van der Waals surface area contributed by atoms with Crippen LogP contribution in [0.2, 0.25) is 0 Å². The third-order valence-corrected chi connectivity index (χ3v) is 4.91. The van der Waals surface area contributed by atoms with Gasteiger partial charge in [0, 0.05) is 18.5 Å². The van der Waals surface area contributed by atoms with Crippen LogP contribution in [-0.2, 0) is 4.79 Å². The molecule has 2 saturated carbocycles. The van der Waals surface area contributed by atoms with Crippen LogP contribution < -0.4 is 11.1 Å². The number of hydrogen-bond acceptors (Lipinski definition) is 2. The summed E-state index contributed by atoms with van der Waals surface area (Å²) in [6, 6.07) is 0.239. The van der Waals surface area contributed by atoms with Gasteiger partial charge in [-0.3, -0.25) is 4.79 Å². The second kappa shape index (κ2) is 8.11. The Labute approximate surface area is 123 Å². The van der Waals surface area contributed by atoms with Crippen LogP contribution in [0.5, 0.6) is 0 Å². The van der Waals surface area contributed by atoms with Gasteiger partial charge in [0.15, 0.2) is 0 Å². The lowest BCUT2D eigenvalue weighted by atomic mass is 9.80. The van der Waals surface area contributed by atoms with Crippen molar-refractivity contribution >= 4 is 18.3 Å². The number of carbonyl (C=O) groups is 1. The van der Waals surface area contributed by atoms with Crippen molar-refractivity contribution in [2.45, 2.75) is 64.3 Å². The summed E-state index contributed by atoms with van der Waals surface area (Å²) in [4.78, 5) is 12.1. The molecule has 0 aromatic rings. The SMILES string of the molecule is CC1CCCCC1CNC(=O)C1CCCC(N)C1.Cl. The van der Waals surface area contributed by atoms with Gasteiger partial charge in [-0.05, 0) is 37.5 Å². The fourth-order valence-corrected chi connectivity index (χ4v) is 3.54. The molecule has 0 bridgehead atoms. The Morgan fingerprint density at radius 3 is 2.58 bits per heavy atom. The summed E-state index contributed by atoms with van der Waals surface area (Å²) >= 11 is 0. The lowest BCUT2D eigenvalue weighted by molar-refractivity contribution is -0.126. The highest BCUT2D eigenvalue weighted by molar-refractivity contribution is 5.85. The first-order chi connectivity index (χ1) is 8.66. The second-order valence-corrected chi connectivity index (χ2v) is 6.39. The van der Waals surface area contributed by atoms with Gasteiger partial charge in [-0.15, -0.1) is 12.4 Å². The van der Waals surface area contributed by atoms with Gasteiger partial charge < -0.3 is 11.1 Å². The maximum Gasteiger partial charge on any atom is 0.223 e. The van der Waals surface area contributed by atoms with Crippen LogP contribution in [0, 0.1) is 17.8 Å². The average molecular weight is 289 g/mol. The molecule has 19 heavy (non-hydrogen) atoms. The Morgan fingerprint density at radius 2 is 1.89 bits per heavy atom. The molecule has 112 valence electrons. The topological polar surface area (TPSA) is 55.1 Å². The first-order valence-corrected chi connectivity index (χ1v) is 7.70. The van der Waals surface area contributed by atoms with Crippen molar-refractivity contribution in [2.24, 2.45) is 23.5 Å². The van der Waals surface area contributed by atoms with Gasteiger partial charge >= 0.3 is 0 Å². The molecule has 3 nitrogen and oxygen atoms in total. The van der Waals surface area contributed by atoms with Crippen LogP contribution in [0.15, 0.2) is 0 Å². The van der Waals surface area contributed by atoms with Gasteiger partial charge in [0.25, 0.3) is 0 Å². The molecule has 0 heterocycles. The molecule has 0 aliphatic heterocycles. The summed E-state index contributed by atoms with van der Waals surface area (Å²) in [5.41, 5.74) is 5.94. The van der Waals surface area contributed by atoms with Crippen molar-refractivity contribution in [3.05, 3.63) is 0 Å². The standard InChI is InChI=1S/C15H28N2O.ClH/c1-11-5-2-3-6-13(11)10-17-15(18)12-7-4-8-14(16)9-12;/h11-14H,2-10,16H2,1H3,(H,17,18);1H. The summed E-state index contributed by atoms with van der Waals surface area (Å²) < 4.78 is 0. The van der Waals surface area contributed by atoms with Crippen LogP contribution in [0.3, 0.4) is 0 Å². The number of nitrogens with one attached hydrogen (secondary N) is 1. The molecule has 3 N–H and O–H groups in total. The Kier molecular flexibility index (Phi) is 7.16. The van der Waals surface area contributed by atoms with Crippen LogP contribution in [0.1, 0.15) is 58.3 Å². The van der Waals surface area contributed by atoms with E-state index in [1.807, 2.05) is 0 Å². The van der Waals surface area contributed by atoms with E-state index in [4.69, 9.17) is 5.73 Å². The zero-order valence-corrected chi connectivity index (χ0v) is 12.9. The van der Waals surface area contributed by atoms with E-state index in [0.29, 0.717) is 5.92 Å². The summed E-state index contributed by atoms with van der Waals surface area (Å²) in [6.45, 7) is 3.21. The fourth-order valence-electron chi connectivity index (χ4n) is 3.54. The molecule has 0 spiro atoms. The number of nitrogens with two attached hydrogens (primary N) is 1. The number of amides is 1. The number of rotatable bonds is 3. The quantitative estimate of drug-likeness (QED) is 0.839. The van der Waals surface area contributed by atoms with E-state index < -0.39 is 0 Å². The van der Waals surface area contributed by atoms with Crippen LogP contribution in [-0.4, -0.2) is 18.5 Å². The summed E-state index contributed by atoms with van der Waals surface area (Å²) in [5, 5.41) is 3.18. The normalized spacial score (nSPS) is 35.3. The molecular formula is C15H29ClN2O. The number of hydrogen-bond donors (Lipinski definition) is 2. The van der Waals surface area contributed by atoms with Crippen LogP contribution in [0.25, 0.3) is 0 Å². The monoisotopic (exact) mass is 288 g/mol. The van der Waals surface area contributed by atoms with Crippen LogP contribution in [0.4, 0.5) is 0 Å². The molecule has 0 aromatic carbocycles. The first-order valence-electron chi connectivity index (χ1n) is 7.70. The Bertz CT molecular complexity index is 285. The lowest BCUT2D eigenvalue weighted by Crippen LogP contribution is -2.40. The van der Waals surface area contributed by atoms with Crippen molar-refractivity contribution in [1.29, 1.82) is 0 Å². The van der Waals surface area contributed by atoms with Gasteiger partial charge in [-0.25, -0.2) is 0 Å². The predicted octanol–water partition coefficient (Wildman–Crippen LogP) is 2.87. The van der Waals surface area contributed by atoms with Gasteiger partial charge in [0.1, 0.15) is 0 Å². The van der Waals surface area contributed by atoms with E-state index in [9.17, 15) is 4.79 Å². The molecule has 4 heteroatoms. The molecule has 4 unspecified atom stereocenters. The van der Waals surface area contributed by atoms with E-state index in [2.05, 4.69) is 12.2 Å². The van der Waals surface area contributed by atoms with Crippen molar-refractivity contribution in [3.8, 4) is 0 Å². The minimum Gasteiger partial charge on any atom is -0.356 e. The molecule has 2 aliphatic carbocycles. The largest absolute Gasteiger partial charge is 0.356 e. The number of halogens is 1. The molecule has 2 fully saturated rings. The predicted molar refractivity (Wildman–Crippen MR) is 81.3 cm³/mol. The third-order valence-electron chi connectivity index (χ3n) is 4.91.